The lowest BCUT2D eigenvalue weighted by Gasteiger charge is -2.23. The molecule has 0 aromatic heterocycles. The molecule has 5 amide bonds. The van der Waals surface area contributed by atoms with Gasteiger partial charge in [-0.3, -0.25) is 19.2 Å². The molecule has 0 aromatic carbocycles. The number of likely N-dealkylation sites (N-methyl/N-ethyl adjacent to an activating group) is 1. The first kappa shape index (κ1) is 38.6. The van der Waals surface area contributed by atoms with Crippen molar-refractivity contribution >= 4 is 41.3 Å². The zero-order valence-electron chi connectivity index (χ0n) is 27.8. The molecule has 0 aromatic rings. The van der Waals surface area contributed by atoms with Crippen LogP contribution in [0.2, 0.25) is 0 Å². The summed E-state index contributed by atoms with van der Waals surface area (Å²) in [6.45, 7) is 7.09. The number of thioether (sulfide) groups is 1. The Morgan fingerprint density at radius 1 is 0.851 bits per heavy atom. The third kappa shape index (κ3) is 12.6. The fourth-order valence-electron chi connectivity index (χ4n) is 5.88. The normalized spacial score (nSPS) is 22.0. The number of unbranched alkanes of at least 4 members (excludes halogenated alkanes) is 2. The largest absolute Gasteiger partial charge is 0.509 e. The first-order valence-electron chi connectivity index (χ1n) is 17.0. The summed E-state index contributed by atoms with van der Waals surface area (Å²) in [5, 5.41) is 22.6. The van der Waals surface area contributed by atoms with Crippen molar-refractivity contribution in [1.29, 1.82) is 0 Å². The molecule has 15 heteroatoms. The maximum Gasteiger partial charge on any atom is 0.315 e. The summed E-state index contributed by atoms with van der Waals surface area (Å²) in [5.74, 6) is -0.291. The number of carbonyl (C=O) groups excluding carboxylic acids is 5. The average Bonchev–Trinajstić information content (AvgIpc) is 3.68. The van der Waals surface area contributed by atoms with E-state index in [1.807, 2.05) is 18.7 Å². The van der Waals surface area contributed by atoms with E-state index in [-0.39, 0.29) is 66.3 Å². The Morgan fingerprint density at radius 2 is 1.49 bits per heavy atom. The Labute approximate surface area is 281 Å². The van der Waals surface area contributed by atoms with Crippen molar-refractivity contribution in [2.45, 2.75) is 95.0 Å². The second-order valence-electron chi connectivity index (χ2n) is 11.8. The molecule has 47 heavy (non-hydrogen) atoms. The molecule has 3 aliphatic heterocycles. The van der Waals surface area contributed by atoms with Crippen LogP contribution in [-0.2, 0) is 33.4 Å². The smallest absolute Gasteiger partial charge is 0.315 e. The summed E-state index contributed by atoms with van der Waals surface area (Å²) in [6.07, 6.45) is 5.26. The highest BCUT2D eigenvalue weighted by Gasteiger charge is 2.43. The molecule has 0 spiro atoms. The number of nitrogens with one attached hydrogen (secondary N) is 4. The van der Waals surface area contributed by atoms with Gasteiger partial charge in [0.15, 0.2) is 5.78 Å². The van der Waals surface area contributed by atoms with Gasteiger partial charge in [-0.05, 0) is 32.6 Å². The van der Waals surface area contributed by atoms with E-state index >= 15 is 0 Å². The average molecular weight is 684 g/mol. The Balaban J connectivity index is 1.09. The second-order valence-corrected chi connectivity index (χ2v) is 13.1. The molecule has 2 saturated heterocycles. The lowest BCUT2D eigenvalue weighted by Crippen LogP contribution is -2.37. The fraction of sp³-hybridized carbons (Fsp3) is 0.781. The number of urea groups is 1. The molecule has 0 radical (unpaired) electrons. The quantitative estimate of drug-likeness (QED) is 0.0538. The third-order valence-corrected chi connectivity index (χ3v) is 9.91. The van der Waals surface area contributed by atoms with Crippen LogP contribution in [0.4, 0.5) is 4.79 Å². The van der Waals surface area contributed by atoms with E-state index in [1.54, 1.807) is 6.92 Å². The van der Waals surface area contributed by atoms with Crippen molar-refractivity contribution in [2.75, 3.05) is 65.0 Å². The highest BCUT2D eigenvalue weighted by molar-refractivity contribution is 8.00. The molecule has 3 heterocycles. The van der Waals surface area contributed by atoms with Gasteiger partial charge in [-0.25, -0.2) is 4.79 Å². The van der Waals surface area contributed by atoms with E-state index in [0.29, 0.717) is 77.4 Å². The molecule has 3 rings (SSSR count). The SMILES string of the molecule is CCCCC(=O)C1=C(O)[C@H](CCC(=O)NCCOCCOCCOCCNC(=O)CCCC[C@@H]2SC[C@@H]3NC(=O)N[C@@H]32)N(CC)C1=O. The lowest BCUT2D eigenvalue weighted by atomic mass is 10.0. The van der Waals surface area contributed by atoms with Gasteiger partial charge < -0.3 is 45.5 Å². The number of ether oxygens (including phenoxy) is 3. The predicted octanol–water partition coefficient (Wildman–Crippen LogP) is 1.58. The van der Waals surface area contributed by atoms with Crippen LogP contribution in [0.1, 0.15) is 71.6 Å². The van der Waals surface area contributed by atoms with Crippen LogP contribution in [0.3, 0.4) is 0 Å². The summed E-state index contributed by atoms with van der Waals surface area (Å²) in [4.78, 5) is 62.3. The van der Waals surface area contributed by atoms with Gasteiger partial charge in [0.1, 0.15) is 11.3 Å². The lowest BCUT2D eigenvalue weighted by molar-refractivity contribution is -0.130. The van der Waals surface area contributed by atoms with E-state index in [1.165, 1.54) is 4.90 Å². The van der Waals surface area contributed by atoms with E-state index in [0.717, 1.165) is 31.4 Å². The number of rotatable bonds is 25. The van der Waals surface area contributed by atoms with Gasteiger partial charge in [0.25, 0.3) is 5.91 Å². The topological polar surface area (TPSA) is 185 Å². The van der Waals surface area contributed by atoms with Crippen LogP contribution >= 0.6 is 11.8 Å². The number of aliphatic hydroxyl groups is 1. The Bertz CT molecular complexity index is 1090. The molecular weight excluding hydrogens is 630 g/mol. The van der Waals surface area contributed by atoms with Gasteiger partial charge in [0, 0.05) is 49.9 Å². The van der Waals surface area contributed by atoms with Crippen molar-refractivity contribution in [1.82, 2.24) is 26.2 Å². The van der Waals surface area contributed by atoms with E-state index in [9.17, 15) is 29.1 Å². The number of carbonyl (C=O) groups is 5. The summed E-state index contributed by atoms with van der Waals surface area (Å²) < 4.78 is 16.4. The summed E-state index contributed by atoms with van der Waals surface area (Å²) >= 11 is 1.89. The molecule has 4 atom stereocenters. The van der Waals surface area contributed by atoms with Crippen LogP contribution < -0.4 is 21.3 Å². The number of amides is 5. The van der Waals surface area contributed by atoms with Crippen molar-refractivity contribution in [3.8, 4) is 0 Å². The highest BCUT2D eigenvalue weighted by Crippen LogP contribution is 2.33. The number of hydrogen-bond donors (Lipinski definition) is 5. The van der Waals surface area contributed by atoms with Crippen LogP contribution in [0.15, 0.2) is 11.3 Å². The number of hydrogen-bond acceptors (Lipinski definition) is 10. The van der Waals surface area contributed by atoms with Gasteiger partial charge in [-0.2, -0.15) is 11.8 Å². The molecule has 2 fully saturated rings. The van der Waals surface area contributed by atoms with Gasteiger partial charge in [-0.1, -0.05) is 19.8 Å². The Hall–Kier alpha value is -2.88. The van der Waals surface area contributed by atoms with Crippen LogP contribution in [0.5, 0.6) is 0 Å². The Morgan fingerprint density at radius 3 is 2.13 bits per heavy atom. The summed E-state index contributed by atoms with van der Waals surface area (Å²) in [7, 11) is 0. The molecule has 5 N–H and O–H groups in total. The molecule has 0 unspecified atom stereocenters. The van der Waals surface area contributed by atoms with E-state index in [2.05, 4.69) is 21.3 Å². The molecule has 14 nitrogen and oxygen atoms in total. The zero-order valence-corrected chi connectivity index (χ0v) is 28.6. The Kier molecular flexibility index (Phi) is 17.4. The minimum Gasteiger partial charge on any atom is -0.509 e. The van der Waals surface area contributed by atoms with Crippen LogP contribution in [-0.4, -0.2) is 128 Å². The summed E-state index contributed by atoms with van der Waals surface area (Å²) in [5.41, 5.74) is -0.132. The minimum absolute atomic E-state index is 0.0142. The molecule has 0 bridgehead atoms. The highest BCUT2D eigenvalue weighted by atomic mass is 32.2. The van der Waals surface area contributed by atoms with Crippen molar-refractivity contribution in [3.05, 3.63) is 11.3 Å². The van der Waals surface area contributed by atoms with Crippen molar-refractivity contribution < 1.29 is 43.3 Å². The number of aliphatic hydroxyl groups excluding tert-OH is 1. The molecular formula is C32H53N5O9S. The predicted molar refractivity (Wildman–Crippen MR) is 177 cm³/mol. The van der Waals surface area contributed by atoms with Gasteiger partial charge in [0.2, 0.25) is 11.8 Å². The monoisotopic (exact) mass is 683 g/mol. The molecule has 266 valence electrons. The second kappa shape index (κ2) is 21.2. The van der Waals surface area contributed by atoms with Gasteiger partial charge in [0.05, 0.1) is 57.8 Å². The number of Topliss-reactive ketones (excluding diaryl/α,β-unsaturated/α-hetero) is 1. The molecule has 0 saturated carbocycles. The van der Waals surface area contributed by atoms with E-state index < -0.39 is 11.9 Å². The zero-order chi connectivity index (χ0) is 34.0. The number of ketones is 1. The summed E-state index contributed by atoms with van der Waals surface area (Å²) in [6, 6.07) is -0.303. The first-order chi connectivity index (χ1) is 22.8. The third-order valence-electron chi connectivity index (χ3n) is 8.41. The maximum atomic E-state index is 12.7. The first-order valence-corrected chi connectivity index (χ1v) is 18.0. The number of fused-ring (bicyclic) bond motifs is 1. The maximum absolute atomic E-state index is 12.7. The van der Waals surface area contributed by atoms with Crippen LogP contribution in [0, 0.1) is 0 Å². The van der Waals surface area contributed by atoms with Gasteiger partial charge >= 0.3 is 6.03 Å². The van der Waals surface area contributed by atoms with Gasteiger partial charge in [-0.15, -0.1) is 0 Å². The van der Waals surface area contributed by atoms with Crippen molar-refractivity contribution in [3.63, 3.8) is 0 Å². The minimum atomic E-state index is -0.664. The number of nitrogens with zero attached hydrogens (tertiary/aromatic N) is 1. The fourth-order valence-corrected chi connectivity index (χ4v) is 7.42. The van der Waals surface area contributed by atoms with E-state index in [4.69, 9.17) is 14.2 Å². The van der Waals surface area contributed by atoms with Crippen molar-refractivity contribution in [2.24, 2.45) is 0 Å². The standard InChI is InChI=1S/C32H53N5O9S/c1-3-5-8-24(38)28-30(41)23(37(4-2)31(28)42)11-12-27(40)34-14-16-45-18-20-46-19-17-44-15-13-33-26(39)10-7-6-9-25-29-22(21-47-25)35-32(43)36-29/h22-23,25,29,41H,3-21H2,1-2H3,(H,33,39)(H,34,40)(H2,35,36,43)/t22-,23-,25-,29-/m0/s1. The van der Waals surface area contributed by atoms with Crippen LogP contribution in [0.25, 0.3) is 0 Å². The molecule has 3 aliphatic rings. The molecule has 0 aliphatic carbocycles.